The Bertz CT molecular complexity index is 685. The molecule has 2 rings (SSSR count). The topological polar surface area (TPSA) is 53.1 Å². The first-order valence-electron chi connectivity index (χ1n) is 4.78. The predicted molar refractivity (Wildman–Crippen MR) is 85.5 cm³/mol. The first-order chi connectivity index (χ1) is 8.82. The summed E-state index contributed by atoms with van der Waals surface area (Å²) in [6, 6.07) is 2.73. The molecule has 0 saturated heterocycles. The maximum absolute atomic E-state index is 12.4. The van der Waals surface area contributed by atoms with Gasteiger partial charge in [0.1, 0.15) is 11.4 Å². The lowest BCUT2D eigenvalue weighted by Crippen LogP contribution is -2.03. The van der Waals surface area contributed by atoms with Gasteiger partial charge in [-0.1, -0.05) is 23.2 Å². The molecule has 2 aromatic rings. The Hall–Kier alpha value is -0.0100. The summed E-state index contributed by atoms with van der Waals surface area (Å²) in [5.74, 6) is -0.731. The van der Waals surface area contributed by atoms with Crippen LogP contribution in [-0.2, 0) is 0 Å². The van der Waals surface area contributed by atoms with Crippen LogP contribution in [0.2, 0.25) is 10.0 Å². The number of halogens is 5. The maximum Gasteiger partial charge on any atom is 0.214 e. The summed E-state index contributed by atoms with van der Waals surface area (Å²) in [7, 11) is 0. The number of aromatic amines is 1. The van der Waals surface area contributed by atoms with Gasteiger partial charge in [-0.3, -0.25) is 4.79 Å². The van der Waals surface area contributed by atoms with E-state index < -0.39 is 5.78 Å². The third kappa shape index (κ3) is 2.88. The summed E-state index contributed by atoms with van der Waals surface area (Å²) in [5, 5.41) is 10.2. The van der Waals surface area contributed by atoms with E-state index >= 15 is 0 Å². The van der Waals surface area contributed by atoms with Gasteiger partial charge in [-0.25, -0.2) is 0 Å². The highest BCUT2D eigenvalue weighted by molar-refractivity contribution is 9.14. The van der Waals surface area contributed by atoms with Gasteiger partial charge in [0.25, 0.3) is 0 Å². The number of carbonyl (C=O) groups excluding carboxylic acids is 1. The van der Waals surface area contributed by atoms with Crippen LogP contribution in [0.1, 0.15) is 16.1 Å². The Morgan fingerprint density at radius 1 is 1.16 bits per heavy atom. The van der Waals surface area contributed by atoms with E-state index in [4.69, 9.17) is 23.2 Å². The van der Waals surface area contributed by atoms with Gasteiger partial charge in [-0.05, 0) is 59.9 Å². The second-order valence-corrected chi connectivity index (χ2v) is 6.78. The van der Waals surface area contributed by atoms with Crippen molar-refractivity contribution in [3.8, 4) is 5.75 Å². The standard InChI is InChI=1S/C11H4Br3Cl2NO2/c12-6-7(13)11(14)17-8(6)10(19)4-1-3(15)2-5(16)9(4)18/h1-2,17-18H. The zero-order valence-electron chi connectivity index (χ0n) is 8.90. The van der Waals surface area contributed by atoms with Crippen molar-refractivity contribution in [3.05, 3.63) is 47.0 Å². The van der Waals surface area contributed by atoms with Crippen LogP contribution in [0.25, 0.3) is 0 Å². The van der Waals surface area contributed by atoms with Gasteiger partial charge in [0, 0.05) is 5.02 Å². The molecule has 0 spiro atoms. The molecule has 0 saturated carbocycles. The minimum atomic E-state index is -0.430. The monoisotopic (exact) mass is 489 g/mol. The summed E-state index contributed by atoms with van der Waals surface area (Å²) >= 11 is 21.5. The number of rotatable bonds is 2. The van der Waals surface area contributed by atoms with Crippen molar-refractivity contribution < 1.29 is 9.90 Å². The molecule has 19 heavy (non-hydrogen) atoms. The summed E-state index contributed by atoms with van der Waals surface area (Å²) in [4.78, 5) is 15.2. The Labute approximate surface area is 143 Å². The van der Waals surface area contributed by atoms with Gasteiger partial charge >= 0.3 is 0 Å². The van der Waals surface area contributed by atoms with Crippen LogP contribution in [0.4, 0.5) is 0 Å². The van der Waals surface area contributed by atoms with Crippen LogP contribution >= 0.6 is 71.0 Å². The van der Waals surface area contributed by atoms with Crippen LogP contribution in [0.5, 0.6) is 5.75 Å². The van der Waals surface area contributed by atoms with Crippen LogP contribution < -0.4 is 0 Å². The van der Waals surface area contributed by atoms with Gasteiger partial charge in [-0.2, -0.15) is 0 Å². The normalized spacial score (nSPS) is 10.8. The Balaban J connectivity index is 2.59. The fraction of sp³-hybridized carbons (Fsp3) is 0. The first-order valence-corrected chi connectivity index (χ1v) is 7.91. The molecule has 8 heteroatoms. The van der Waals surface area contributed by atoms with E-state index in [0.717, 1.165) is 0 Å². The number of aromatic nitrogens is 1. The van der Waals surface area contributed by atoms with Crippen molar-refractivity contribution in [3.63, 3.8) is 0 Å². The molecule has 0 aliphatic heterocycles. The Morgan fingerprint density at radius 3 is 2.32 bits per heavy atom. The number of carbonyl (C=O) groups is 1. The van der Waals surface area contributed by atoms with Crippen molar-refractivity contribution in [1.82, 2.24) is 4.98 Å². The van der Waals surface area contributed by atoms with Gasteiger partial charge in [-0.15, -0.1) is 0 Å². The van der Waals surface area contributed by atoms with Gasteiger partial charge in [0.05, 0.1) is 24.1 Å². The third-order valence-corrected chi connectivity index (χ3v) is 6.09. The minimum Gasteiger partial charge on any atom is -0.506 e. The molecule has 0 amide bonds. The number of aromatic hydroxyl groups is 1. The molecule has 1 aromatic carbocycles. The van der Waals surface area contributed by atoms with Crippen molar-refractivity contribution in [2.45, 2.75) is 0 Å². The highest BCUT2D eigenvalue weighted by atomic mass is 79.9. The molecule has 0 atom stereocenters. The summed E-state index contributed by atoms with van der Waals surface area (Å²) < 4.78 is 1.82. The Kier molecular flexibility index (Phi) is 4.67. The molecule has 0 unspecified atom stereocenters. The number of H-pyrrole nitrogens is 1. The molecule has 0 radical (unpaired) electrons. The van der Waals surface area contributed by atoms with E-state index in [1.54, 1.807) is 0 Å². The smallest absolute Gasteiger partial charge is 0.214 e. The number of phenols is 1. The summed E-state index contributed by atoms with van der Waals surface area (Å²) in [5.41, 5.74) is 0.298. The zero-order valence-corrected chi connectivity index (χ0v) is 15.2. The van der Waals surface area contributed by atoms with E-state index in [1.807, 2.05) is 0 Å². The number of hydrogen-bond acceptors (Lipinski definition) is 2. The fourth-order valence-corrected chi connectivity index (χ4v) is 3.39. The average Bonchev–Trinajstić information content (AvgIpc) is 2.61. The van der Waals surface area contributed by atoms with E-state index in [1.165, 1.54) is 12.1 Å². The lowest BCUT2D eigenvalue weighted by atomic mass is 10.1. The third-order valence-electron chi connectivity index (χ3n) is 2.34. The first kappa shape index (κ1) is 15.4. The Morgan fingerprint density at radius 2 is 1.79 bits per heavy atom. The predicted octanol–water partition coefficient (Wildman–Crippen LogP) is 5.55. The van der Waals surface area contributed by atoms with Gasteiger partial charge in [0.2, 0.25) is 5.78 Å². The quantitative estimate of drug-likeness (QED) is 0.541. The fourth-order valence-electron chi connectivity index (χ4n) is 1.46. The highest BCUT2D eigenvalue weighted by Gasteiger charge is 2.23. The molecule has 0 aliphatic carbocycles. The van der Waals surface area contributed by atoms with E-state index in [9.17, 15) is 9.90 Å². The minimum absolute atomic E-state index is 0.0247. The molecule has 1 heterocycles. The van der Waals surface area contributed by atoms with Gasteiger partial charge in [0.15, 0.2) is 0 Å². The molecule has 3 nitrogen and oxygen atoms in total. The van der Waals surface area contributed by atoms with E-state index in [-0.39, 0.29) is 27.1 Å². The van der Waals surface area contributed by atoms with E-state index in [0.29, 0.717) is 13.5 Å². The molecule has 0 aliphatic rings. The largest absolute Gasteiger partial charge is 0.506 e. The molecule has 100 valence electrons. The van der Waals surface area contributed by atoms with Crippen LogP contribution in [-0.4, -0.2) is 15.9 Å². The number of ketones is 1. The summed E-state index contributed by atoms with van der Waals surface area (Å²) in [6.07, 6.45) is 0. The lowest BCUT2D eigenvalue weighted by Gasteiger charge is -2.05. The zero-order chi connectivity index (χ0) is 14.3. The number of nitrogens with one attached hydrogen (secondary N) is 1. The van der Waals surface area contributed by atoms with Crippen molar-refractivity contribution in [1.29, 1.82) is 0 Å². The maximum atomic E-state index is 12.4. The summed E-state index contributed by atoms with van der Waals surface area (Å²) in [6.45, 7) is 0. The average molecular weight is 493 g/mol. The lowest BCUT2D eigenvalue weighted by molar-refractivity contribution is 0.103. The van der Waals surface area contributed by atoms with Crippen molar-refractivity contribution >= 4 is 76.8 Å². The molecule has 2 N–H and O–H groups in total. The van der Waals surface area contributed by atoms with Crippen LogP contribution in [0, 0.1) is 0 Å². The van der Waals surface area contributed by atoms with Crippen molar-refractivity contribution in [2.75, 3.05) is 0 Å². The molecule has 0 fully saturated rings. The number of hydrogen-bond donors (Lipinski definition) is 2. The molecule has 0 bridgehead atoms. The molecular weight excluding hydrogens is 489 g/mol. The van der Waals surface area contributed by atoms with Crippen molar-refractivity contribution in [2.24, 2.45) is 0 Å². The number of phenolic OH excluding ortho intramolecular Hbond substituents is 1. The second-order valence-electron chi connectivity index (χ2n) is 3.55. The SMILES string of the molecule is O=C(c1cc(Cl)cc(Cl)c1O)c1[nH]c(Br)c(Br)c1Br. The number of benzene rings is 1. The van der Waals surface area contributed by atoms with E-state index in [2.05, 4.69) is 52.8 Å². The highest BCUT2D eigenvalue weighted by Crippen LogP contribution is 2.37. The molecular formula is C11H4Br3Cl2NO2. The van der Waals surface area contributed by atoms with Crippen LogP contribution in [0.3, 0.4) is 0 Å². The van der Waals surface area contributed by atoms with Gasteiger partial charge < -0.3 is 10.1 Å². The second kappa shape index (κ2) is 5.77. The molecule has 1 aromatic heterocycles. The van der Waals surface area contributed by atoms with Crippen LogP contribution in [0.15, 0.2) is 25.7 Å².